The molecule has 0 aliphatic rings. The van der Waals surface area contributed by atoms with Gasteiger partial charge < -0.3 is 33.8 Å². The highest BCUT2D eigenvalue weighted by Crippen LogP contribution is 2.45. The van der Waals surface area contributed by atoms with E-state index in [1.165, 1.54) is 263 Å². The van der Waals surface area contributed by atoms with E-state index in [0.29, 0.717) is 25.7 Å². The van der Waals surface area contributed by atoms with E-state index >= 15 is 0 Å². The van der Waals surface area contributed by atoms with Crippen molar-refractivity contribution in [1.29, 1.82) is 0 Å². The fourth-order valence-corrected chi connectivity index (χ4v) is 14.9. The average molecular weight is 1560 g/mol. The molecule has 107 heavy (non-hydrogen) atoms. The van der Waals surface area contributed by atoms with Gasteiger partial charge in [0.2, 0.25) is 0 Å². The lowest BCUT2D eigenvalue weighted by molar-refractivity contribution is -0.161. The monoisotopic (exact) mass is 1560 g/mol. The Bertz CT molecular complexity index is 2130. The summed E-state index contributed by atoms with van der Waals surface area (Å²) in [6.07, 6.45) is 77.4. The highest BCUT2D eigenvalue weighted by molar-refractivity contribution is 7.47. The number of esters is 4. The van der Waals surface area contributed by atoms with Gasteiger partial charge in [-0.2, -0.15) is 0 Å². The van der Waals surface area contributed by atoms with Gasteiger partial charge in [-0.1, -0.05) is 399 Å². The van der Waals surface area contributed by atoms with Crippen LogP contribution in [-0.2, 0) is 65.4 Å². The topological polar surface area (TPSA) is 237 Å². The molecule has 0 aromatic rings. The molecule has 17 nitrogen and oxygen atoms in total. The first-order chi connectivity index (χ1) is 52.0. The van der Waals surface area contributed by atoms with Gasteiger partial charge in [-0.3, -0.25) is 37.3 Å². The van der Waals surface area contributed by atoms with Crippen LogP contribution >= 0.6 is 15.6 Å². The van der Waals surface area contributed by atoms with Crippen LogP contribution in [0.4, 0.5) is 0 Å². The van der Waals surface area contributed by atoms with Crippen molar-refractivity contribution in [3.8, 4) is 0 Å². The molecule has 0 spiro atoms. The summed E-state index contributed by atoms with van der Waals surface area (Å²) in [6.45, 7) is 7.26. The first-order valence-corrected chi connectivity index (χ1v) is 47.9. The highest BCUT2D eigenvalue weighted by atomic mass is 31.2. The van der Waals surface area contributed by atoms with Gasteiger partial charge in [-0.15, -0.1) is 0 Å². The first kappa shape index (κ1) is 105. The molecule has 3 N–H and O–H groups in total. The lowest BCUT2D eigenvalue weighted by Crippen LogP contribution is -2.30. The van der Waals surface area contributed by atoms with Crippen LogP contribution in [0.5, 0.6) is 0 Å². The molecule has 632 valence electrons. The molecule has 0 fully saturated rings. The smallest absolute Gasteiger partial charge is 0.462 e. The summed E-state index contributed by atoms with van der Waals surface area (Å²) in [5, 5.41) is 10.7. The number of hydrogen-bond acceptors (Lipinski definition) is 15. The maximum atomic E-state index is 13.2. The number of aliphatic hydroxyl groups excluding tert-OH is 1. The number of carbonyl (C=O) groups excluding carboxylic acids is 4. The third-order valence-corrected chi connectivity index (χ3v) is 22.1. The minimum atomic E-state index is -4.97. The van der Waals surface area contributed by atoms with Crippen molar-refractivity contribution in [1.82, 2.24) is 0 Å². The van der Waals surface area contributed by atoms with E-state index in [-0.39, 0.29) is 25.7 Å². The summed E-state index contributed by atoms with van der Waals surface area (Å²) in [4.78, 5) is 73.2. The second-order valence-corrected chi connectivity index (χ2v) is 34.3. The van der Waals surface area contributed by atoms with E-state index < -0.39 is 97.5 Å². The Morgan fingerprint density at radius 2 is 0.505 bits per heavy atom. The van der Waals surface area contributed by atoms with E-state index in [1.54, 1.807) is 0 Å². The first-order valence-electron chi connectivity index (χ1n) is 45.0. The molecule has 0 bridgehead atoms. The predicted octanol–water partition coefficient (Wildman–Crippen LogP) is 26.7. The van der Waals surface area contributed by atoms with Gasteiger partial charge >= 0.3 is 39.5 Å². The molecular formula is C88H168O17P2. The lowest BCUT2D eigenvalue weighted by atomic mass is 10.0. The Morgan fingerprint density at radius 3 is 0.766 bits per heavy atom. The summed E-state index contributed by atoms with van der Waals surface area (Å²) < 4.78 is 68.9. The van der Waals surface area contributed by atoms with Gasteiger partial charge in [0.1, 0.15) is 19.3 Å². The van der Waals surface area contributed by atoms with Gasteiger partial charge in [0.15, 0.2) is 12.2 Å². The van der Waals surface area contributed by atoms with Crippen molar-refractivity contribution >= 4 is 39.5 Å². The van der Waals surface area contributed by atoms with Crippen LogP contribution < -0.4 is 0 Å². The van der Waals surface area contributed by atoms with Crippen molar-refractivity contribution in [2.75, 3.05) is 39.6 Å². The predicted molar refractivity (Wildman–Crippen MR) is 441 cm³/mol. The number of aliphatic hydroxyl groups is 1. The average Bonchev–Trinajstić information content (AvgIpc) is 0.909. The molecule has 0 aliphatic heterocycles. The van der Waals surface area contributed by atoms with Crippen LogP contribution in [0.15, 0.2) is 24.3 Å². The highest BCUT2D eigenvalue weighted by Gasteiger charge is 2.30. The number of hydrogen-bond donors (Lipinski definition) is 3. The van der Waals surface area contributed by atoms with Gasteiger partial charge in [0.25, 0.3) is 0 Å². The summed E-state index contributed by atoms with van der Waals surface area (Å²) in [6, 6.07) is 0. The zero-order chi connectivity index (χ0) is 78.3. The minimum Gasteiger partial charge on any atom is -0.462 e. The van der Waals surface area contributed by atoms with Gasteiger partial charge in [-0.25, -0.2) is 9.13 Å². The normalized spacial score (nSPS) is 13.9. The van der Waals surface area contributed by atoms with Crippen LogP contribution in [0.3, 0.4) is 0 Å². The molecule has 0 radical (unpaired) electrons. The van der Waals surface area contributed by atoms with Crippen molar-refractivity contribution in [3.05, 3.63) is 24.3 Å². The molecule has 0 aromatic carbocycles. The summed E-state index contributed by atoms with van der Waals surface area (Å²) in [5.41, 5.74) is 0. The van der Waals surface area contributed by atoms with Gasteiger partial charge in [-0.05, 0) is 57.3 Å². The molecule has 0 rings (SSSR count). The second-order valence-electron chi connectivity index (χ2n) is 31.4. The molecule has 19 heteroatoms. The van der Waals surface area contributed by atoms with Gasteiger partial charge in [0, 0.05) is 25.7 Å². The Kier molecular flexibility index (Phi) is 78.3. The number of ether oxygens (including phenoxy) is 4. The Labute approximate surface area is 656 Å². The summed E-state index contributed by atoms with van der Waals surface area (Å²) in [5.74, 6) is -1.41. The molecular weight excluding hydrogens is 1390 g/mol. The van der Waals surface area contributed by atoms with Gasteiger partial charge in [0.05, 0.1) is 26.4 Å². The summed E-state index contributed by atoms with van der Waals surface area (Å²) in [7, 11) is -9.94. The zero-order valence-electron chi connectivity index (χ0n) is 69.8. The second kappa shape index (κ2) is 80.2. The maximum Gasteiger partial charge on any atom is 0.472 e. The van der Waals surface area contributed by atoms with Crippen molar-refractivity contribution in [2.45, 2.75) is 470 Å². The van der Waals surface area contributed by atoms with Crippen molar-refractivity contribution in [3.63, 3.8) is 0 Å². The molecule has 0 saturated carbocycles. The Hall–Kier alpha value is -2.46. The standard InChI is InChI=1S/C88H168O17P2/c1-6-9-12-15-18-21-24-27-30-32-34-36-38-40-43-46-49-52-59-64-69-74-87(92)104-83(77-98-85(90)71-66-61-56-50-47-44-42-39-37-35-33-31-28-25-22-19-16-13-10-7-2)79-102-106(94,95)100-75-82(89)76-101-107(96,97)103-80-84(78-99-86(91)72-67-62-57-54-53-55-60-65-70-81(4)5)105-88(93)73-68-63-58-51-48-45-41-29-26-23-20-17-14-11-8-3/h23,26,29,41,81-84,89H,6-22,24-25,27-28,30-40,42-80H2,1-5H3,(H,94,95)(H,96,97)/b26-23-,41-29-/t82-,83-,84-/m1/s1. The number of allylic oxidation sites excluding steroid dienone is 4. The van der Waals surface area contributed by atoms with E-state index in [4.69, 9.17) is 37.0 Å². The molecule has 2 unspecified atom stereocenters. The SMILES string of the molecule is CCCCCC/C=C\C=C/CCCCCCCC(=O)O[C@H](COC(=O)CCCCCCCCCCC(C)C)COP(=O)(O)OC[C@H](O)COP(=O)(O)OC[C@@H](COC(=O)CCCCCCCCCCCCCCCCCCCCCC)OC(=O)CCCCCCCCCCCCCCCCCCCCCCC. The third kappa shape index (κ3) is 81.4. The quantitative estimate of drug-likeness (QED) is 0.0169. The number of rotatable bonds is 86. The minimum absolute atomic E-state index is 0.0850. The fraction of sp³-hybridized carbons (Fsp3) is 0.909. The molecule has 0 heterocycles. The molecule has 0 saturated heterocycles. The van der Waals surface area contributed by atoms with Crippen LogP contribution in [0.1, 0.15) is 452 Å². The van der Waals surface area contributed by atoms with Crippen molar-refractivity contribution < 1.29 is 80.2 Å². The number of carbonyl (C=O) groups is 4. The van der Waals surface area contributed by atoms with E-state index in [0.717, 1.165) is 109 Å². The Balaban J connectivity index is 5.26. The Morgan fingerprint density at radius 1 is 0.290 bits per heavy atom. The molecule has 0 aliphatic carbocycles. The maximum absolute atomic E-state index is 13.2. The van der Waals surface area contributed by atoms with Crippen LogP contribution in [0, 0.1) is 5.92 Å². The van der Waals surface area contributed by atoms with E-state index in [9.17, 15) is 43.2 Å². The third-order valence-electron chi connectivity index (χ3n) is 20.2. The zero-order valence-corrected chi connectivity index (χ0v) is 71.6. The molecule has 0 aromatic heterocycles. The largest absolute Gasteiger partial charge is 0.472 e. The molecule has 0 amide bonds. The fourth-order valence-electron chi connectivity index (χ4n) is 13.3. The van der Waals surface area contributed by atoms with Crippen LogP contribution in [0.25, 0.3) is 0 Å². The number of phosphoric acid groups is 2. The lowest BCUT2D eigenvalue weighted by Gasteiger charge is -2.21. The van der Waals surface area contributed by atoms with Crippen LogP contribution in [0.2, 0.25) is 0 Å². The van der Waals surface area contributed by atoms with Crippen LogP contribution in [-0.4, -0.2) is 96.7 Å². The van der Waals surface area contributed by atoms with E-state index in [1.807, 2.05) is 0 Å². The van der Waals surface area contributed by atoms with E-state index in [2.05, 4.69) is 58.9 Å². The summed E-state index contributed by atoms with van der Waals surface area (Å²) >= 11 is 0. The number of unbranched alkanes of at least 4 members (excludes halogenated alkanes) is 55. The van der Waals surface area contributed by atoms with Crippen molar-refractivity contribution in [2.24, 2.45) is 5.92 Å². The molecule has 5 atom stereocenters. The number of phosphoric ester groups is 2.